The Hall–Kier alpha value is -5.03. The van der Waals surface area contributed by atoms with Crippen LogP contribution in [-0.4, -0.2) is 54.9 Å². The number of benzene rings is 3. The quantitative estimate of drug-likeness (QED) is 0.187. The molecule has 0 saturated carbocycles. The van der Waals surface area contributed by atoms with Gasteiger partial charge in [0.05, 0.1) is 40.7 Å². The molecule has 11 nitrogen and oxygen atoms in total. The molecule has 47 heavy (non-hydrogen) atoms. The predicted molar refractivity (Wildman–Crippen MR) is 169 cm³/mol. The molecule has 0 aliphatic carbocycles. The normalized spacial score (nSPS) is 19.5. The van der Waals surface area contributed by atoms with Crippen LogP contribution in [0.15, 0.2) is 66.4 Å². The van der Waals surface area contributed by atoms with Gasteiger partial charge in [0, 0.05) is 24.3 Å². The highest BCUT2D eigenvalue weighted by molar-refractivity contribution is 6.21. The number of carbonyl (C=O) groups is 5. The third-order valence-electron chi connectivity index (χ3n) is 7.97. The summed E-state index contributed by atoms with van der Waals surface area (Å²) in [4.78, 5) is 67.4. The Morgan fingerprint density at radius 3 is 1.94 bits per heavy atom. The highest BCUT2D eigenvalue weighted by atomic mass is 16.7. The van der Waals surface area contributed by atoms with E-state index in [1.165, 1.54) is 20.3 Å². The van der Waals surface area contributed by atoms with Gasteiger partial charge in [0.25, 0.3) is 11.8 Å². The Morgan fingerprint density at radius 2 is 1.38 bits per heavy atom. The number of esters is 3. The second-order valence-corrected chi connectivity index (χ2v) is 13.5. The largest absolute Gasteiger partial charge is 0.463 e. The summed E-state index contributed by atoms with van der Waals surface area (Å²) in [6, 6.07) is 13.6. The number of hydrogen-bond acceptors (Lipinski definition) is 10. The van der Waals surface area contributed by atoms with E-state index in [4.69, 9.17) is 23.7 Å². The average molecular weight is 644 g/mol. The van der Waals surface area contributed by atoms with Gasteiger partial charge in [-0.25, -0.2) is 4.79 Å². The van der Waals surface area contributed by atoms with Crippen LogP contribution in [0.2, 0.25) is 0 Å². The van der Waals surface area contributed by atoms with Crippen molar-refractivity contribution in [2.24, 2.45) is 10.8 Å². The second kappa shape index (κ2) is 12.0. The average Bonchev–Trinajstić information content (AvgIpc) is 3.28. The number of methoxy groups -OCH3 is 2. The van der Waals surface area contributed by atoms with Crippen LogP contribution in [0.5, 0.6) is 11.5 Å². The zero-order valence-electron chi connectivity index (χ0n) is 27.6. The van der Waals surface area contributed by atoms with Crippen LogP contribution in [0.3, 0.4) is 0 Å². The third kappa shape index (κ3) is 5.98. The molecule has 0 spiro atoms. The van der Waals surface area contributed by atoms with Crippen LogP contribution < -0.4 is 9.47 Å². The summed E-state index contributed by atoms with van der Waals surface area (Å²) >= 11 is 0. The molecule has 2 heterocycles. The highest BCUT2D eigenvalue weighted by Crippen LogP contribution is 2.48. The molecule has 0 aromatic heterocycles. The van der Waals surface area contributed by atoms with Gasteiger partial charge in [-0.05, 0) is 78.0 Å². The number of hydrogen-bond donors (Lipinski definition) is 0. The number of nitrogens with zero attached hydrogens (tertiary/aromatic N) is 1. The molecule has 2 aliphatic heterocycles. The fourth-order valence-corrected chi connectivity index (χ4v) is 5.35. The van der Waals surface area contributed by atoms with Gasteiger partial charge in [0.2, 0.25) is 11.5 Å². The van der Waals surface area contributed by atoms with Crippen LogP contribution in [-0.2, 0) is 34.4 Å². The first-order chi connectivity index (χ1) is 22.0. The number of ether oxygens (including phenoxy) is 5. The molecule has 0 bridgehead atoms. The van der Waals surface area contributed by atoms with E-state index in [2.05, 4.69) is 0 Å². The number of rotatable bonds is 6. The lowest BCUT2D eigenvalue weighted by Crippen LogP contribution is -2.48. The Balaban J connectivity index is 1.71. The number of fused-ring (bicyclic) bond motifs is 2. The van der Waals surface area contributed by atoms with Crippen LogP contribution in [0.4, 0.5) is 0 Å². The van der Waals surface area contributed by atoms with Gasteiger partial charge in [0.15, 0.2) is 0 Å². The van der Waals surface area contributed by atoms with Crippen molar-refractivity contribution in [2.75, 3.05) is 14.2 Å². The number of imide groups is 1. The Kier molecular flexibility index (Phi) is 8.48. The SMILES string of the molecule is COC(=O)C1=C[C@@H](N2C(=O)c3ccccc3C2=O)C[C@@](OC)(c2ccc3c(OC(=O)C(C)(C)C)cccc3c2OC(=O)C(C)(C)C)O1. The van der Waals surface area contributed by atoms with Gasteiger partial charge < -0.3 is 23.7 Å². The maximum Gasteiger partial charge on any atom is 0.373 e. The first kappa shape index (κ1) is 33.3. The van der Waals surface area contributed by atoms with Crippen molar-refractivity contribution in [1.82, 2.24) is 4.90 Å². The monoisotopic (exact) mass is 643 g/mol. The Bertz CT molecular complexity index is 1810. The molecule has 11 heteroatoms. The summed E-state index contributed by atoms with van der Waals surface area (Å²) < 4.78 is 29.1. The Morgan fingerprint density at radius 1 is 0.787 bits per heavy atom. The van der Waals surface area contributed by atoms with Crippen LogP contribution in [0.25, 0.3) is 10.8 Å². The summed E-state index contributed by atoms with van der Waals surface area (Å²) in [7, 11) is 2.50. The maximum atomic E-state index is 13.5. The molecule has 0 fully saturated rings. The Labute approximate surface area is 272 Å². The van der Waals surface area contributed by atoms with E-state index in [1.54, 1.807) is 96.1 Å². The first-order valence-corrected chi connectivity index (χ1v) is 15.0. The lowest BCUT2D eigenvalue weighted by Gasteiger charge is -2.41. The lowest BCUT2D eigenvalue weighted by molar-refractivity contribution is -0.228. The molecular formula is C36H37NO10. The lowest BCUT2D eigenvalue weighted by atomic mass is 9.90. The minimum Gasteiger partial charge on any atom is -0.463 e. The van der Waals surface area contributed by atoms with Crippen molar-refractivity contribution < 1.29 is 47.7 Å². The topological polar surface area (TPSA) is 135 Å². The minimum absolute atomic E-state index is 0.0187. The molecule has 2 atom stereocenters. The molecule has 0 N–H and O–H groups in total. The minimum atomic E-state index is -1.88. The summed E-state index contributed by atoms with van der Waals surface area (Å²) in [5.74, 6) is -4.98. The zero-order valence-corrected chi connectivity index (χ0v) is 27.6. The maximum absolute atomic E-state index is 13.5. The standard InChI is InChI=1S/C36H37NO10/c1-34(2,3)32(41)45-26-15-11-14-22-21(26)16-17-25(28(22)46-33(42)35(4,5)6)36(44-8)19-20(18-27(47-36)31(40)43-7)37-29(38)23-12-9-10-13-24(23)30(37)39/h9-18,20H,19H2,1-8H3/t20-,36+/m1/s1. The van der Waals surface area contributed by atoms with E-state index in [-0.39, 0.29) is 40.4 Å². The molecule has 3 aromatic rings. The van der Waals surface area contributed by atoms with Gasteiger partial charge >= 0.3 is 17.9 Å². The molecule has 2 aliphatic rings. The highest BCUT2D eigenvalue weighted by Gasteiger charge is 2.51. The van der Waals surface area contributed by atoms with E-state index in [0.29, 0.717) is 10.8 Å². The van der Waals surface area contributed by atoms with Crippen LogP contribution in [0.1, 0.15) is 74.2 Å². The van der Waals surface area contributed by atoms with E-state index in [1.807, 2.05) is 0 Å². The number of amides is 2. The number of carbonyl (C=O) groups excluding carboxylic acids is 5. The van der Waals surface area contributed by atoms with Crippen molar-refractivity contribution in [2.45, 2.75) is 59.8 Å². The smallest absolute Gasteiger partial charge is 0.373 e. The molecule has 0 unspecified atom stereocenters. The molecule has 2 amide bonds. The summed E-state index contributed by atoms with van der Waals surface area (Å²) in [5, 5.41) is 0.832. The fourth-order valence-electron chi connectivity index (χ4n) is 5.35. The van der Waals surface area contributed by atoms with Crippen molar-refractivity contribution in [3.05, 3.63) is 83.1 Å². The van der Waals surface area contributed by atoms with Crippen molar-refractivity contribution >= 4 is 40.5 Å². The van der Waals surface area contributed by atoms with Crippen molar-refractivity contribution in [1.29, 1.82) is 0 Å². The van der Waals surface area contributed by atoms with Crippen LogP contribution >= 0.6 is 0 Å². The molecule has 5 rings (SSSR count). The van der Waals surface area contributed by atoms with Gasteiger partial charge in [0.1, 0.15) is 11.5 Å². The van der Waals surface area contributed by atoms with Crippen molar-refractivity contribution in [3.63, 3.8) is 0 Å². The predicted octanol–water partition coefficient (Wildman–Crippen LogP) is 5.68. The summed E-state index contributed by atoms with van der Waals surface area (Å²) in [6.45, 7) is 10.3. The van der Waals surface area contributed by atoms with Gasteiger partial charge in [-0.3, -0.25) is 24.1 Å². The van der Waals surface area contributed by atoms with Gasteiger partial charge in [-0.15, -0.1) is 0 Å². The molecule has 3 aromatic carbocycles. The van der Waals surface area contributed by atoms with E-state index in [0.717, 1.165) is 4.90 Å². The second-order valence-electron chi connectivity index (χ2n) is 13.5. The van der Waals surface area contributed by atoms with Crippen molar-refractivity contribution in [3.8, 4) is 11.5 Å². The molecular weight excluding hydrogens is 606 g/mol. The molecule has 246 valence electrons. The van der Waals surface area contributed by atoms with Gasteiger partial charge in [-0.1, -0.05) is 24.3 Å². The molecule has 0 radical (unpaired) electrons. The third-order valence-corrected chi connectivity index (χ3v) is 7.97. The fraction of sp³-hybridized carbons (Fsp3) is 0.361. The van der Waals surface area contributed by atoms with E-state index >= 15 is 0 Å². The zero-order chi connectivity index (χ0) is 34.5. The van der Waals surface area contributed by atoms with Crippen LogP contribution in [0, 0.1) is 10.8 Å². The summed E-state index contributed by atoms with van der Waals surface area (Å²) in [6.07, 6.45) is 1.16. The first-order valence-electron chi connectivity index (χ1n) is 15.0. The van der Waals surface area contributed by atoms with E-state index in [9.17, 15) is 24.0 Å². The molecule has 0 saturated heterocycles. The van der Waals surface area contributed by atoms with Gasteiger partial charge in [-0.2, -0.15) is 0 Å². The van der Waals surface area contributed by atoms with E-state index < -0.39 is 52.4 Å². The summed E-state index contributed by atoms with van der Waals surface area (Å²) in [5.41, 5.74) is -1.11.